The van der Waals surface area contributed by atoms with Crippen LogP contribution in [0, 0.1) is 3.57 Å². The van der Waals surface area contributed by atoms with E-state index in [0.29, 0.717) is 47.4 Å². The number of hydrogen-bond acceptors (Lipinski definition) is 5. The fourth-order valence-electron chi connectivity index (χ4n) is 4.49. The maximum absolute atomic E-state index is 13.5. The molecule has 1 aliphatic rings. The van der Waals surface area contributed by atoms with Crippen molar-refractivity contribution in [1.82, 2.24) is 5.32 Å². The molecule has 7 nitrogen and oxygen atoms in total. The highest BCUT2D eigenvalue weighted by molar-refractivity contribution is 14.1. The van der Waals surface area contributed by atoms with Gasteiger partial charge in [-0.05, 0) is 94.7 Å². The van der Waals surface area contributed by atoms with E-state index >= 15 is 0 Å². The standard InChI is InChI=1S/C33H26ClIN2O5/c1-2-41-30-18-22(17-29(35)26(30)19-23-10-6-7-11-28(23)34)16-27-31(38)36-33(40)37(32(27)39)24-12-14-25(15-13-24)42-20-21-8-4-3-5-9-21/h3-18H,2,19-20H2,1H3,(H,36,38,40)/b27-16+. The molecule has 0 aromatic heterocycles. The van der Waals surface area contributed by atoms with Crippen LogP contribution in [0.15, 0.2) is 96.6 Å². The van der Waals surface area contributed by atoms with Crippen LogP contribution < -0.4 is 19.7 Å². The minimum atomic E-state index is -0.820. The van der Waals surface area contributed by atoms with E-state index in [1.165, 1.54) is 6.08 Å². The molecule has 1 aliphatic heterocycles. The van der Waals surface area contributed by atoms with Crippen molar-refractivity contribution in [3.05, 3.63) is 127 Å². The van der Waals surface area contributed by atoms with Crippen molar-refractivity contribution in [2.75, 3.05) is 11.5 Å². The molecule has 0 aliphatic carbocycles. The van der Waals surface area contributed by atoms with Crippen molar-refractivity contribution in [3.63, 3.8) is 0 Å². The zero-order valence-corrected chi connectivity index (χ0v) is 25.5. The predicted molar refractivity (Wildman–Crippen MR) is 171 cm³/mol. The van der Waals surface area contributed by atoms with E-state index in [-0.39, 0.29) is 5.57 Å². The number of rotatable bonds is 9. The highest BCUT2D eigenvalue weighted by atomic mass is 127. The molecule has 1 fully saturated rings. The van der Waals surface area contributed by atoms with Gasteiger partial charge in [-0.25, -0.2) is 9.69 Å². The van der Waals surface area contributed by atoms with Crippen LogP contribution in [0.3, 0.4) is 0 Å². The Morgan fingerprint density at radius 1 is 0.905 bits per heavy atom. The smallest absolute Gasteiger partial charge is 0.335 e. The first-order chi connectivity index (χ1) is 20.3. The fourth-order valence-corrected chi connectivity index (χ4v) is 5.51. The molecule has 0 bridgehead atoms. The third-order valence-corrected chi connectivity index (χ3v) is 7.89. The summed E-state index contributed by atoms with van der Waals surface area (Å²) in [5.74, 6) is -0.292. The Kier molecular flexibility index (Phi) is 9.24. The monoisotopic (exact) mass is 692 g/mol. The van der Waals surface area contributed by atoms with Crippen molar-refractivity contribution in [3.8, 4) is 11.5 Å². The molecular weight excluding hydrogens is 667 g/mol. The molecule has 1 N–H and O–H groups in total. The average Bonchev–Trinajstić information content (AvgIpc) is 2.98. The second-order valence-corrected chi connectivity index (χ2v) is 11.0. The number of urea groups is 1. The largest absolute Gasteiger partial charge is 0.494 e. The number of amides is 4. The summed E-state index contributed by atoms with van der Waals surface area (Å²) in [5, 5.41) is 2.93. The number of nitrogens with one attached hydrogen (secondary N) is 1. The van der Waals surface area contributed by atoms with Gasteiger partial charge in [-0.2, -0.15) is 0 Å². The van der Waals surface area contributed by atoms with Gasteiger partial charge in [0, 0.05) is 20.6 Å². The molecular formula is C33H26ClIN2O5. The lowest BCUT2D eigenvalue weighted by atomic mass is 10.0. The molecule has 0 unspecified atom stereocenters. The molecule has 1 saturated heterocycles. The number of ether oxygens (including phenoxy) is 2. The summed E-state index contributed by atoms with van der Waals surface area (Å²) >= 11 is 8.61. The molecule has 0 atom stereocenters. The van der Waals surface area contributed by atoms with Crippen LogP contribution in [-0.2, 0) is 22.6 Å². The lowest BCUT2D eigenvalue weighted by molar-refractivity contribution is -0.122. The molecule has 5 rings (SSSR count). The molecule has 4 aromatic rings. The van der Waals surface area contributed by atoms with Crippen LogP contribution in [0.5, 0.6) is 11.5 Å². The van der Waals surface area contributed by atoms with Gasteiger partial charge in [-0.1, -0.05) is 60.1 Å². The first-order valence-electron chi connectivity index (χ1n) is 13.2. The quantitative estimate of drug-likeness (QED) is 0.114. The lowest BCUT2D eigenvalue weighted by Gasteiger charge is -2.26. The van der Waals surface area contributed by atoms with Crippen LogP contribution in [0.25, 0.3) is 6.08 Å². The highest BCUT2D eigenvalue weighted by Gasteiger charge is 2.37. The number of nitrogens with zero attached hydrogens (tertiary/aromatic N) is 1. The predicted octanol–water partition coefficient (Wildman–Crippen LogP) is 7.18. The average molecular weight is 693 g/mol. The number of benzene rings is 4. The van der Waals surface area contributed by atoms with Gasteiger partial charge >= 0.3 is 6.03 Å². The number of anilines is 1. The molecule has 4 amide bonds. The lowest BCUT2D eigenvalue weighted by Crippen LogP contribution is -2.54. The third kappa shape index (κ3) is 6.66. The molecule has 4 aromatic carbocycles. The molecule has 0 radical (unpaired) electrons. The van der Waals surface area contributed by atoms with E-state index in [9.17, 15) is 14.4 Å². The van der Waals surface area contributed by atoms with Crippen LogP contribution in [-0.4, -0.2) is 24.5 Å². The van der Waals surface area contributed by atoms with E-state index in [4.69, 9.17) is 21.1 Å². The number of imide groups is 2. The van der Waals surface area contributed by atoms with Crippen LogP contribution in [0.1, 0.15) is 29.2 Å². The summed E-state index contributed by atoms with van der Waals surface area (Å²) in [4.78, 5) is 40.0. The summed E-state index contributed by atoms with van der Waals surface area (Å²) in [6.45, 7) is 2.69. The molecule has 9 heteroatoms. The van der Waals surface area contributed by atoms with E-state index in [1.807, 2.05) is 67.6 Å². The summed E-state index contributed by atoms with van der Waals surface area (Å²) in [7, 11) is 0. The van der Waals surface area contributed by atoms with Crippen LogP contribution in [0.4, 0.5) is 10.5 Å². The summed E-state index contributed by atoms with van der Waals surface area (Å²) in [6.07, 6.45) is 2.02. The second-order valence-electron chi connectivity index (χ2n) is 9.41. The maximum Gasteiger partial charge on any atom is 0.335 e. The zero-order valence-electron chi connectivity index (χ0n) is 22.6. The van der Waals surface area contributed by atoms with E-state index in [2.05, 4.69) is 27.9 Å². The molecule has 0 spiro atoms. The van der Waals surface area contributed by atoms with Crippen molar-refractivity contribution in [1.29, 1.82) is 0 Å². The minimum Gasteiger partial charge on any atom is -0.494 e. The van der Waals surface area contributed by atoms with E-state index in [1.54, 1.807) is 30.3 Å². The van der Waals surface area contributed by atoms with Gasteiger partial charge in [0.25, 0.3) is 11.8 Å². The highest BCUT2D eigenvalue weighted by Crippen LogP contribution is 2.32. The Hall–Kier alpha value is -4.15. The Bertz CT molecular complexity index is 1670. The van der Waals surface area contributed by atoms with Crippen molar-refractivity contribution < 1.29 is 23.9 Å². The normalized spacial score (nSPS) is 14.2. The Morgan fingerprint density at radius 3 is 2.33 bits per heavy atom. The number of halogens is 2. The van der Waals surface area contributed by atoms with Gasteiger partial charge < -0.3 is 9.47 Å². The fraction of sp³-hybridized carbons (Fsp3) is 0.121. The van der Waals surface area contributed by atoms with Gasteiger partial charge in [0.2, 0.25) is 0 Å². The van der Waals surface area contributed by atoms with Crippen LogP contribution >= 0.6 is 34.2 Å². The number of carbonyl (C=O) groups is 3. The summed E-state index contributed by atoms with van der Waals surface area (Å²) in [6, 6.07) is 26.7. The topological polar surface area (TPSA) is 84.9 Å². The molecule has 42 heavy (non-hydrogen) atoms. The number of barbiturate groups is 1. The zero-order chi connectivity index (χ0) is 29.6. The second kappa shape index (κ2) is 13.2. The molecule has 212 valence electrons. The number of hydrogen-bond donors (Lipinski definition) is 1. The van der Waals surface area contributed by atoms with Crippen molar-refractivity contribution in [2.24, 2.45) is 0 Å². The van der Waals surface area contributed by atoms with Crippen molar-refractivity contribution in [2.45, 2.75) is 20.0 Å². The Balaban J connectivity index is 1.40. The van der Waals surface area contributed by atoms with Gasteiger partial charge in [-0.3, -0.25) is 14.9 Å². The van der Waals surface area contributed by atoms with Gasteiger partial charge in [-0.15, -0.1) is 0 Å². The first kappa shape index (κ1) is 29.3. The summed E-state index contributed by atoms with van der Waals surface area (Å²) < 4.78 is 12.6. The van der Waals surface area contributed by atoms with Gasteiger partial charge in [0.05, 0.1) is 12.3 Å². The third-order valence-electron chi connectivity index (χ3n) is 6.56. The van der Waals surface area contributed by atoms with Gasteiger partial charge in [0.15, 0.2) is 0 Å². The van der Waals surface area contributed by atoms with Gasteiger partial charge in [0.1, 0.15) is 23.7 Å². The number of carbonyl (C=O) groups excluding carboxylic acids is 3. The maximum atomic E-state index is 13.5. The molecule has 0 saturated carbocycles. The van der Waals surface area contributed by atoms with Crippen molar-refractivity contribution >= 4 is 63.8 Å². The molecule has 1 heterocycles. The SMILES string of the molecule is CCOc1cc(/C=C2\C(=O)NC(=O)N(c3ccc(OCc4ccccc4)cc3)C2=O)cc(I)c1Cc1ccccc1Cl. The van der Waals surface area contributed by atoms with E-state index in [0.717, 1.165) is 25.2 Å². The van der Waals surface area contributed by atoms with E-state index < -0.39 is 17.8 Å². The first-order valence-corrected chi connectivity index (χ1v) is 14.7. The summed E-state index contributed by atoms with van der Waals surface area (Å²) in [5.41, 5.74) is 3.64. The Labute approximate surface area is 262 Å². The minimum absolute atomic E-state index is 0.170. The Morgan fingerprint density at radius 2 is 1.62 bits per heavy atom. The van der Waals surface area contributed by atoms with Crippen LogP contribution in [0.2, 0.25) is 5.02 Å².